The molecule has 1 amide bonds. The molecule has 0 radical (unpaired) electrons. The van der Waals surface area contributed by atoms with Crippen molar-refractivity contribution in [2.24, 2.45) is 0 Å². The van der Waals surface area contributed by atoms with Crippen LogP contribution in [0.2, 0.25) is 0 Å². The Hall–Kier alpha value is -3.30. The van der Waals surface area contributed by atoms with Gasteiger partial charge >= 0.3 is 6.18 Å². The predicted octanol–water partition coefficient (Wildman–Crippen LogP) is 0.976. The number of hydrogen-bond donors (Lipinski definition) is 6. The van der Waals surface area contributed by atoms with Gasteiger partial charge in [-0.25, -0.2) is 13.4 Å². The normalized spacial score (nSPS) is 12.5. The van der Waals surface area contributed by atoms with Gasteiger partial charge in [0.25, 0.3) is 10.0 Å². The molecule has 0 atom stereocenters. The standard InChI is InChI=1S/C23H25F3N4O6S/c24-23(25,26)16-5-8-18(9-6-16)37(35,36)30-19-3-1-2-15-4-7-17(28-21(15)19)10-27-11-20(34)29-22(12-31,13-32)14-33/h1-9,27,30-33H,10-14H2,(H,29,34). The number of para-hydroxylation sites is 1. The first-order valence-corrected chi connectivity index (χ1v) is 12.3. The number of aliphatic hydroxyl groups excluding tert-OH is 3. The Bertz CT molecular complexity index is 1340. The molecule has 0 saturated heterocycles. The highest BCUT2D eigenvalue weighted by atomic mass is 32.2. The van der Waals surface area contributed by atoms with Gasteiger partial charge in [-0.3, -0.25) is 9.52 Å². The number of hydrogen-bond acceptors (Lipinski definition) is 8. The van der Waals surface area contributed by atoms with Gasteiger partial charge in [-0.05, 0) is 36.4 Å². The fourth-order valence-corrected chi connectivity index (χ4v) is 4.37. The first-order valence-electron chi connectivity index (χ1n) is 10.9. The second kappa shape index (κ2) is 11.4. The van der Waals surface area contributed by atoms with Crippen molar-refractivity contribution in [3.63, 3.8) is 0 Å². The summed E-state index contributed by atoms with van der Waals surface area (Å²) in [5, 5.41) is 33.6. The number of halogens is 3. The van der Waals surface area contributed by atoms with Crippen LogP contribution in [-0.2, 0) is 27.5 Å². The highest BCUT2D eigenvalue weighted by Gasteiger charge is 2.31. The molecule has 3 rings (SSSR count). The van der Waals surface area contributed by atoms with Crippen LogP contribution >= 0.6 is 0 Å². The molecule has 0 bridgehead atoms. The molecule has 3 aromatic rings. The first kappa shape index (κ1) is 28.3. The summed E-state index contributed by atoms with van der Waals surface area (Å²) in [5.74, 6) is -0.595. The van der Waals surface area contributed by atoms with E-state index in [1.54, 1.807) is 24.3 Å². The first-order chi connectivity index (χ1) is 17.4. The van der Waals surface area contributed by atoms with Gasteiger partial charge in [-0.2, -0.15) is 13.2 Å². The van der Waals surface area contributed by atoms with Crippen molar-refractivity contribution in [1.82, 2.24) is 15.6 Å². The number of carbonyl (C=O) groups excluding carboxylic acids is 1. The maximum absolute atomic E-state index is 12.8. The number of sulfonamides is 1. The molecule has 0 aliphatic rings. The second-order valence-electron chi connectivity index (χ2n) is 8.21. The number of pyridine rings is 1. The number of benzene rings is 2. The fraction of sp³-hybridized carbons (Fsp3) is 0.304. The number of aliphatic hydroxyl groups is 3. The minimum absolute atomic E-state index is 0.0910. The zero-order chi connectivity index (χ0) is 27.3. The number of amides is 1. The minimum atomic E-state index is -4.60. The van der Waals surface area contributed by atoms with Crippen molar-refractivity contribution < 1.29 is 41.7 Å². The zero-order valence-electron chi connectivity index (χ0n) is 19.3. The molecular formula is C23H25F3N4O6S. The number of alkyl halides is 3. The third-order valence-electron chi connectivity index (χ3n) is 5.42. The average molecular weight is 543 g/mol. The van der Waals surface area contributed by atoms with Crippen molar-refractivity contribution in [3.8, 4) is 0 Å². The molecule has 10 nitrogen and oxygen atoms in total. The topological polar surface area (TPSA) is 161 Å². The predicted molar refractivity (Wildman–Crippen MR) is 128 cm³/mol. The van der Waals surface area contributed by atoms with Crippen LogP contribution in [0.4, 0.5) is 18.9 Å². The molecule has 0 saturated carbocycles. The van der Waals surface area contributed by atoms with Crippen molar-refractivity contribution in [2.75, 3.05) is 31.1 Å². The highest BCUT2D eigenvalue weighted by Crippen LogP contribution is 2.30. The molecule has 0 aliphatic heterocycles. The molecule has 1 aromatic heterocycles. The maximum atomic E-state index is 12.8. The Morgan fingerprint density at radius 2 is 1.57 bits per heavy atom. The molecule has 0 fully saturated rings. The van der Waals surface area contributed by atoms with Gasteiger partial charge in [0.15, 0.2) is 0 Å². The number of anilines is 1. The summed E-state index contributed by atoms with van der Waals surface area (Å²) in [7, 11) is -4.22. The Kier molecular flexibility index (Phi) is 8.71. The van der Waals surface area contributed by atoms with E-state index in [1.807, 2.05) is 0 Å². The van der Waals surface area contributed by atoms with Gasteiger partial charge in [-0.15, -0.1) is 0 Å². The lowest BCUT2D eigenvalue weighted by Gasteiger charge is -2.28. The SMILES string of the molecule is O=C(CNCc1ccc2cccc(NS(=O)(=O)c3ccc(C(F)(F)F)cc3)c2n1)NC(CO)(CO)CO. The number of nitrogens with zero attached hydrogens (tertiary/aromatic N) is 1. The van der Waals surface area contributed by atoms with Crippen molar-refractivity contribution >= 4 is 32.5 Å². The molecule has 200 valence electrons. The molecule has 6 N–H and O–H groups in total. The summed E-state index contributed by atoms with van der Waals surface area (Å²) < 4.78 is 66.3. The van der Waals surface area contributed by atoms with Crippen LogP contribution in [-0.4, -0.2) is 66.5 Å². The number of fused-ring (bicyclic) bond motifs is 1. The monoisotopic (exact) mass is 542 g/mol. The van der Waals surface area contributed by atoms with Crippen LogP contribution in [0.5, 0.6) is 0 Å². The van der Waals surface area contributed by atoms with E-state index in [1.165, 1.54) is 6.07 Å². The number of rotatable bonds is 11. The smallest absolute Gasteiger partial charge is 0.394 e. The van der Waals surface area contributed by atoms with Gasteiger partial charge in [0.1, 0.15) is 5.54 Å². The Morgan fingerprint density at radius 3 is 2.16 bits per heavy atom. The van der Waals surface area contributed by atoms with Gasteiger partial charge in [0, 0.05) is 11.9 Å². The van der Waals surface area contributed by atoms with E-state index < -0.39 is 53.0 Å². The molecule has 37 heavy (non-hydrogen) atoms. The van der Waals surface area contributed by atoms with E-state index in [2.05, 4.69) is 20.3 Å². The van der Waals surface area contributed by atoms with E-state index in [9.17, 15) is 41.7 Å². The van der Waals surface area contributed by atoms with Gasteiger partial charge in [-0.1, -0.05) is 18.2 Å². The molecule has 2 aromatic carbocycles. The molecule has 0 spiro atoms. The third-order valence-corrected chi connectivity index (χ3v) is 6.80. The Morgan fingerprint density at radius 1 is 0.919 bits per heavy atom. The fourth-order valence-electron chi connectivity index (χ4n) is 3.31. The lowest BCUT2D eigenvalue weighted by atomic mass is 10.0. The summed E-state index contributed by atoms with van der Waals surface area (Å²) in [6, 6.07) is 11.2. The minimum Gasteiger partial charge on any atom is -0.394 e. The molecule has 1 heterocycles. The second-order valence-corrected chi connectivity index (χ2v) is 9.90. The number of aromatic nitrogens is 1. The van der Waals surface area contributed by atoms with E-state index >= 15 is 0 Å². The largest absolute Gasteiger partial charge is 0.416 e. The van der Waals surface area contributed by atoms with Gasteiger partial charge in [0.2, 0.25) is 5.91 Å². The quantitative estimate of drug-likeness (QED) is 0.209. The summed E-state index contributed by atoms with van der Waals surface area (Å²) in [6.45, 7) is -2.13. The number of carbonyl (C=O) groups is 1. The van der Waals surface area contributed by atoms with Gasteiger partial charge < -0.3 is 26.0 Å². The van der Waals surface area contributed by atoms with E-state index in [-0.39, 0.29) is 29.2 Å². The van der Waals surface area contributed by atoms with Crippen LogP contribution < -0.4 is 15.4 Å². The van der Waals surface area contributed by atoms with E-state index in [4.69, 9.17) is 0 Å². The Balaban J connectivity index is 1.74. The van der Waals surface area contributed by atoms with Crippen LogP contribution in [0.25, 0.3) is 10.9 Å². The average Bonchev–Trinajstić information content (AvgIpc) is 2.87. The van der Waals surface area contributed by atoms with E-state index in [0.717, 1.165) is 12.1 Å². The molecule has 0 aliphatic carbocycles. The lowest BCUT2D eigenvalue weighted by Crippen LogP contribution is -2.58. The maximum Gasteiger partial charge on any atom is 0.416 e. The van der Waals surface area contributed by atoms with Crippen molar-refractivity contribution in [1.29, 1.82) is 0 Å². The lowest BCUT2D eigenvalue weighted by molar-refractivity contribution is -0.137. The van der Waals surface area contributed by atoms with Crippen LogP contribution in [0, 0.1) is 0 Å². The summed E-state index contributed by atoms with van der Waals surface area (Å²) in [6.07, 6.45) is -4.60. The summed E-state index contributed by atoms with van der Waals surface area (Å²) in [4.78, 5) is 16.2. The summed E-state index contributed by atoms with van der Waals surface area (Å²) in [5.41, 5.74) is -1.70. The van der Waals surface area contributed by atoms with Crippen LogP contribution in [0.1, 0.15) is 11.3 Å². The highest BCUT2D eigenvalue weighted by molar-refractivity contribution is 7.92. The van der Waals surface area contributed by atoms with Crippen LogP contribution in [0.3, 0.4) is 0 Å². The molecule has 0 unspecified atom stereocenters. The van der Waals surface area contributed by atoms with Crippen molar-refractivity contribution in [2.45, 2.75) is 23.2 Å². The Labute approximate surface area is 210 Å². The zero-order valence-corrected chi connectivity index (χ0v) is 20.1. The summed E-state index contributed by atoms with van der Waals surface area (Å²) >= 11 is 0. The third kappa shape index (κ3) is 6.93. The van der Waals surface area contributed by atoms with E-state index in [0.29, 0.717) is 23.2 Å². The molecular weight excluding hydrogens is 517 g/mol. The van der Waals surface area contributed by atoms with Crippen LogP contribution in [0.15, 0.2) is 59.5 Å². The number of nitrogens with one attached hydrogen (secondary N) is 3. The molecule has 14 heteroatoms. The van der Waals surface area contributed by atoms with Gasteiger partial charge in [0.05, 0.1) is 53.7 Å². The van der Waals surface area contributed by atoms with Crippen molar-refractivity contribution in [3.05, 3.63) is 65.9 Å².